The van der Waals surface area contributed by atoms with Gasteiger partial charge in [0, 0.05) is 26.4 Å². The highest BCUT2D eigenvalue weighted by molar-refractivity contribution is 6.02. The zero-order valence-electron chi connectivity index (χ0n) is 16.5. The number of methoxy groups -OCH3 is 2. The van der Waals surface area contributed by atoms with E-state index in [4.69, 9.17) is 9.47 Å². The third-order valence-electron chi connectivity index (χ3n) is 4.43. The summed E-state index contributed by atoms with van der Waals surface area (Å²) in [5.74, 6) is 0.247. The van der Waals surface area contributed by atoms with Gasteiger partial charge in [-0.05, 0) is 30.2 Å². The molecule has 3 aromatic rings. The molecular weight excluding hydrogens is 372 g/mol. The monoisotopic (exact) mass is 396 g/mol. The lowest BCUT2D eigenvalue weighted by Crippen LogP contribution is -2.28. The Labute approximate surface area is 168 Å². The zero-order chi connectivity index (χ0) is 20.6. The van der Waals surface area contributed by atoms with Gasteiger partial charge in [-0.3, -0.25) is 14.0 Å². The van der Waals surface area contributed by atoms with E-state index in [2.05, 4.69) is 15.6 Å². The summed E-state index contributed by atoms with van der Waals surface area (Å²) in [6.07, 6.45) is 2.33. The molecule has 0 fully saturated rings. The molecule has 152 valence electrons. The third-order valence-corrected chi connectivity index (χ3v) is 4.43. The molecule has 29 heavy (non-hydrogen) atoms. The normalized spacial score (nSPS) is 10.7. The molecule has 0 aliphatic rings. The molecule has 2 N–H and O–H groups in total. The fourth-order valence-corrected chi connectivity index (χ4v) is 3.01. The molecule has 8 nitrogen and oxygen atoms in total. The number of rotatable bonds is 9. The average molecular weight is 396 g/mol. The number of hydrogen-bond acceptors (Lipinski definition) is 5. The highest BCUT2D eigenvalue weighted by Gasteiger charge is 2.21. The van der Waals surface area contributed by atoms with Gasteiger partial charge in [-0.2, -0.15) is 0 Å². The van der Waals surface area contributed by atoms with Crippen LogP contribution in [0, 0.1) is 0 Å². The van der Waals surface area contributed by atoms with Crippen LogP contribution in [-0.2, 0) is 11.2 Å². The van der Waals surface area contributed by atoms with Crippen LogP contribution < -0.4 is 15.4 Å². The Hall–Kier alpha value is -3.39. The van der Waals surface area contributed by atoms with Gasteiger partial charge in [0.2, 0.25) is 5.82 Å². The molecule has 0 spiro atoms. The lowest BCUT2D eigenvalue weighted by atomic mass is 10.1. The van der Waals surface area contributed by atoms with E-state index in [1.165, 1.54) is 0 Å². The van der Waals surface area contributed by atoms with E-state index in [-0.39, 0.29) is 23.3 Å². The molecule has 2 amide bonds. The number of benzene rings is 1. The van der Waals surface area contributed by atoms with Crippen LogP contribution in [0.15, 0.2) is 48.7 Å². The van der Waals surface area contributed by atoms with Gasteiger partial charge in [-0.15, -0.1) is 0 Å². The van der Waals surface area contributed by atoms with Crippen LogP contribution in [0.3, 0.4) is 0 Å². The first-order valence-corrected chi connectivity index (χ1v) is 9.30. The highest BCUT2D eigenvalue weighted by atomic mass is 16.5. The van der Waals surface area contributed by atoms with Crippen LogP contribution in [-0.4, -0.2) is 55.1 Å². The van der Waals surface area contributed by atoms with Crippen molar-refractivity contribution in [3.05, 3.63) is 65.7 Å². The van der Waals surface area contributed by atoms with E-state index in [9.17, 15) is 9.59 Å². The molecule has 0 saturated heterocycles. The Kier molecular flexibility index (Phi) is 6.80. The van der Waals surface area contributed by atoms with Crippen molar-refractivity contribution < 1.29 is 19.1 Å². The van der Waals surface area contributed by atoms with Gasteiger partial charge >= 0.3 is 0 Å². The first-order valence-electron chi connectivity index (χ1n) is 9.30. The maximum atomic E-state index is 12.7. The SMILES string of the molecule is COCCNC(=O)c1nc(C(=O)NCCc2ccccc2OC)n2ccccc12. The minimum absolute atomic E-state index is 0.164. The van der Waals surface area contributed by atoms with E-state index < -0.39 is 0 Å². The topological polar surface area (TPSA) is 94.0 Å². The number of nitrogens with zero attached hydrogens (tertiary/aromatic N) is 2. The third kappa shape index (κ3) is 4.72. The number of ether oxygens (including phenoxy) is 2. The van der Waals surface area contributed by atoms with Crippen LogP contribution in [0.5, 0.6) is 5.75 Å². The van der Waals surface area contributed by atoms with Crippen LogP contribution >= 0.6 is 0 Å². The number of carbonyl (C=O) groups excluding carboxylic acids is 2. The number of fused-ring (bicyclic) bond motifs is 1. The van der Waals surface area contributed by atoms with Crippen molar-refractivity contribution in [2.45, 2.75) is 6.42 Å². The number of aromatic nitrogens is 2. The number of para-hydroxylation sites is 1. The van der Waals surface area contributed by atoms with Crippen molar-refractivity contribution >= 4 is 17.3 Å². The molecule has 0 aliphatic heterocycles. The second kappa shape index (κ2) is 9.70. The smallest absolute Gasteiger partial charge is 0.287 e. The Bertz CT molecular complexity index is 999. The largest absolute Gasteiger partial charge is 0.496 e. The van der Waals surface area contributed by atoms with Gasteiger partial charge in [0.15, 0.2) is 5.69 Å². The van der Waals surface area contributed by atoms with Gasteiger partial charge in [0.25, 0.3) is 11.8 Å². The fourth-order valence-electron chi connectivity index (χ4n) is 3.01. The van der Waals surface area contributed by atoms with Crippen LogP contribution in [0.2, 0.25) is 0 Å². The molecular formula is C21H24N4O4. The number of amides is 2. The predicted molar refractivity (Wildman–Crippen MR) is 108 cm³/mol. The molecule has 1 aromatic carbocycles. The van der Waals surface area contributed by atoms with Gasteiger partial charge in [0.1, 0.15) is 5.75 Å². The summed E-state index contributed by atoms with van der Waals surface area (Å²) in [6, 6.07) is 13.0. The lowest BCUT2D eigenvalue weighted by Gasteiger charge is -2.08. The molecule has 3 rings (SSSR count). The van der Waals surface area contributed by atoms with Gasteiger partial charge in [-0.25, -0.2) is 4.98 Å². The van der Waals surface area contributed by atoms with Crippen LogP contribution in [0.1, 0.15) is 26.7 Å². The van der Waals surface area contributed by atoms with Crippen molar-refractivity contribution in [1.29, 1.82) is 0 Å². The number of pyridine rings is 1. The van der Waals surface area contributed by atoms with Crippen molar-refractivity contribution in [2.75, 3.05) is 33.9 Å². The second-order valence-electron chi connectivity index (χ2n) is 6.31. The zero-order valence-corrected chi connectivity index (χ0v) is 16.5. The number of carbonyl (C=O) groups is 2. The molecule has 0 aliphatic carbocycles. The maximum Gasteiger partial charge on any atom is 0.287 e. The minimum Gasteiger partial charge on any atom is -0.496 e. The molecule has 8 heteroatoms. The first-order chi connectivity index (χ1) is 14.2. The Morgan fingerprint density at radius 1 is 1.00 bits per heavy atom. The summed E-state index contributed by atoms with van der Waals surface area (Å²) in [7, 11) is 3.18. The fraction of sp³-hybridized carbons (Fsp3) is 0.286. The van der Waals surface area contributed by atoms with Gasteiger partial charge in [-0.1, -0.05) is 24.3 Å². The summed E-state index contributed by atoms with van der Waals surface area (Å²) in [6.45, 7) is 1.17. The Morgan fingerprint density at radius 2 is 1.76 bits per heavy atom. The minimum atomic E-state index is -0.350. The predicted octanol–water partition coefficient (Wildman–Crippen LogP) is 1.69. The maximum absolute atomic E-state index is 12.7. The number of hydrogen-bond donors (Lipinski definition) is 2. The number of imidazole rings is 1. The first kappa shape index (κ1) is 20.3. The van der Waals surface area contributed by atoms with Gasteiger partial charge < -0.3 is 20.1 Å². The van der Waals surface area contributed by atoms with E-state index in [1.54, 1.807) is 43.0 Å². The number of nitrogens with one attached hydrogen (secondary N) is 2. The molecule has 2 heterocycles. The van der Waals surface area contributed by atoms with Crippen molar-refractivity contribution in [2.24, 2.45) is 0 Å². The Morgan fingerprint density at radius 3 is 2.55 bits per heavy atom. The molecule has 2 aromatic heterocycles. The van der Waals surface area contributed by atoms with Crippen LogP contribution in [0.4, 0.5) is 0 Å². The molecule has 0 unspecified atom stereocenters. The van der Waals surface area contributed by atoms with Gasteiger partial charge in [0.05, 0.1) is 19.2 Å². The second-order valence-corrected chi connectivity index (χ2v) is 6.31. The highest BCUT2D eigenvalue weighted by Crippen LogP contribution is 2.17. The van der Waals surface area contributed by atoms with Crippen molar-refractivity contribution in [1.82, 2.24) is 20.0 Å². The van der Waals surface area contributed by atoms with E-state index in [0.29, 0.717) is 31.6 Å². The summed E-state index contributed by atoms with van der Waals surface area (Å²) in [5.41, 5.74) is 1.77. The summed E-state index contributed by atoms with van der Waals surface area (Å²) in [4.78, 5) is 29.5. The average Bonchev–Trinajstić information content (AvgIpc) is 3.14. The van der Waals surface area contributed by atoms with Crippen molar-refractivity contribution in [3.8, 4) is 5.75 Å². The van der Waals surface area contributed by atoms with E-state index in [0.717, 1.165) is 11.3 Å². The summed E-state index contributed by atoms with van der Waals surface area (Å²) in [5, 5.41) is 5.60. The van der Waals surface area contributed by atoms with E-state index in [1.807, 2.05) is 24.3 Å². The lowest BCUT2D eigenvalue weighted by molar-refractivity contribution is 0.0934. The molecule has 0 bridgehead atoms. The standard InChI is InChI=1S/C21H24N4O4/c1-28-14-12-23-20(26)18-16-8-5-6-13-25(16)19(24-18)21(27)22-11-10-15-7-3-4-9-17(15)29-2/h3-9,13H,10-12,14H2,1-2H3,(H,22,27)(H,23,26). The molecule has 0 saturated carbocycles. The Balaban J connectivity index is 1.73. The van der Waals surface area contributed by atoms with Crippen molar-refractivity contribution in [3.63, 3.8) is 0 Å². The summed E-state index contributed by atoms with van der Waals surface area (Å²) >= 11 is 0. The summed E-state index contributed by atoms with van der Waals surface area (Å²) < 4.78 is 11.9. The molecule has 0 radical (unpaired) electrons. The quantitative estimate of drug-likeness (QED) is 0.537. The van der Waals surface area contributed by atoms with Crippen LogP contribution in [0.25, 0.3) is 5.52 Å². The van der Waals surface area contributed by atoms with E-state index >= 15 is 0 Å². The molecule has 0 atom stereocenters.